The van der Waals surface area contributed by atoms with Gasteiger partial charge in [-0.05, 0) is 30.3 Å². The van der Waals surface area contributed by atoms with Crippen LogP contribution >= 0.6 is 11.6 Å². The first kappa shape index (κ1) is 18.4. The summed E-state index contributed by atoms with van der Waals surface area (Å²) in [7, 11) is 1.51. The number of nitrogens with zero attached hydrogens (tertiary/aromatic N) is 5. The van der Waals surface area contributed by atoms with Crippen LogP contribution < -0.4 is 20.6 Å². The van der Waals surface area contributed by atoms with Crippen molar-refractivity contribution < 1.29 is 9.53 Å². The largest absolute Gasteiger partial charge is 0.495 e. The van der Waals surface area contributed by atoms with Gasteiger partial charge in [0.15, 0.2) is 0 Å². The number of aliphatic imine (C=N–C) groups is 1. The highest BCUT2D eigenvalue weighted by atomic mass is 35.5. The van der Waals surface area contributed by atoms with Gasteiger partial charge in [-0.2, -0.15) is 0 Å². The van der Waals surface area contributed by atoms with Crippen molar-refractivity contribution in [2.75, 3.05) is 30.4 Å². The molecule has 1 aromatic heterocycles. The molecule has 0 unspecified atom stereocenters. The van der Waals surface area contributed by atoms with Crippen LogP contribution in [0.3, 0.4) is 0 Å². The molecule has 5 rings (SSSR count). The number of anilines is 2. The van der Waals surface area contributed by atoms with E-state index in [4.69, 9.17) is 16.3 Å². The predicted octanol–water partition coefficient (Wildman–Crippen LogP) is 1.91. The van der Waals surface area contributed by atoms with Gasteiger partial charge in [0.2, 0.25) is 11.9 Å². The lowest BCUT2D eigenvalue weighted by Gasteiger charge is -2.26. The third kappa shape index (κ3) is 2.86. The Kier molecular flexibility index (Phi) is 4.32. The number of hydrogen-bond acceptors (Lipinski definition) is 6. The van der Waals surface area contributed by atoms with Gasteiger partial charge in [-0.25, -0.2) is 14.0 Å². The molecule has 3 heterocycles. The number of aromatic nitrogens is 3. The van der Waals surface area contributed by atoms with Crippen molar-refractivity contribution in [1.29, 1.82) is 0 Å². The number of ether oxygens (including phenoxy) is 1. The number of benzene rings is 2. The number of amides is 1. The van der Waals surface area contributed by atoms with Crippen LogP contribution in [0.15, 0.2) is 52.3 Å². The lowest BCUT2D eigenvalue weighted by atomic mass is 10.1. The second-order valence-electron chi connectivity index (χ2n) is 6.85. The van der Waals surface area contributed by atoms with Crippen molar-refractivity contribution >= 4 is 35.0 Å². The van der Waals surface area contributed by atoms with Crippen LogP contribution in [-0.4, -0.2) is 46.3 Å². The predicted molar refractivity (Wildman–Crippen MR) is 113 cm³/mol. The van der Waals surface area contributed by atoms with E-state index >= 15 is 0 Å². The molecule has 10 heteroatoms. The molecule has 2 aliphatic rings. The van der Waals surface area contributed by atoms with Crippen LogP contribution in [0.4, 0.5) is 11.6 Å². The highest BCUT2D eigenvalue weighted by Gasteiger charge is 2.34. The van der Waals surface area contributed by atoms with Gasteiger partial charge in [0.05, 0.1) is 24.4 Å². The smallest absolute Gasteiger partial charge is 0.352 e. The van der Waals surface area contributed by atoms with E-state index in [2.05, 4.69) is 15.4 Å². The van der Waals surface area contributed by atoms with Crippen molar-refractivity contribution in [1.82, 2.24) is 14.3 Å². The van der Waals surface area contributed by atoms with Crippen molar-refractivity contribution in [2.45, 2.75) is 6.54 Å². The number of halogens is 1. The molecule has 2 aliphatic heterocycles. The van der Waals surface area contributed by atoms with Gasteiger partial charge in [-0.1, -0.05) is 23.7 Å². The van der Waals surface area contributed by atoms with Gasteiger partial charge in [0.1, 0.15) is 18.1 Å². The highest BCUT2D eigenvalue weighted by Crippen LogP contribution is 2.30. The summed E-state index contributed by atoms with van der Waals surface area (Å²) in [5.41, 5.74) is 1.71. The highest BCUT2D eigenvalue weighted by molar-refractivity contribution is 6.32. The number of fused-ring (bicyclic) bond motifs is 6. The van der Waals surface area contributed by atoms with Crippen LogP contribution in [0.1, 0.15) is 5.56 Å². The Morgan fingerprint density at radius 2 is 2.10 bits per heavy atom. The average Bonchev–Trinajstić information content (AvgIpc) is 3.34. The lowest BCUT2D eigenvalue weighted by molar-refractivity contribution is -0.117. The molecule has 152 valence electrons. The lowest BCUT2D eigenvalue weighted by Crippen LogP contribution is -2.37. The van der Waals surface area contributed by atoms with Crippen LogP contribution in [-0.2, 0) is 11.3 Å². The fraction of sp³-hybridized carbons (Fsp3) is 0.200. The quantitative estimate of drug-likeness (QED) is 0.690. The zero-order valence-corrected chi connectivity index (χ0v) is 16.8. The monoisotopic (exact) mass is 424 g/mol. The van der Waals surface area contributed by atoms with Gasteiger partial charge in [0, 0.05) is 17.8 Å². The number of carbonyl (C=O) groups is 1. The fourth-order valence-corrected chi connectivity index (χ4v) is 3.95. The van der Waals surface area contributed by atoms with Gasteiger partial charge in [-0.3, -0.25) is 14.7 Å². The van der Waals surface area contributed by atoms with E-state index in [1.54, 1.807) is 18.2 Å². The molecule has 30 heavy (non-hydrogen) atoms. The third-order valence-electron chi connectivity index (χ3n) is 5.02. The minimum Gasteiger partial charge on any atom is -0.495 e. The number of methoxy groups -OCH3 is 1. The maximum absolute atomic E-state index is 13.1. The van der Waals surface area contributed by atoms with Crippen molar-refractivity contribution in [3.63, 3.8) is 0 Å². The van der Waals surface area contributed by atoms with Crippen molar-refractivity contribution in [2.24, 2.45) is 4.99 Å². The minimum atomic E-state index is -0.391. The first-order valence-corrected chi connectivity index (χ1v) is 9.69. The summed E-state index contributed by atoms with van der Waals surface area (Å²) in [4.78, 5) is 32.1. The number of nitrogens with one attached hydrogen (secondary N) is 1. The number of para-hydroxylation sites is 1. The van der Waals surface area contributed by atoms with Crippen LogP contribution in [0.25, 0.3) is 5.69 Å². The molecule has 0 saturated carbocycles. The Hall–Kier alpha value is -3.59. The molecule has 0 spiro atoms. The number of carbonyl (C=O) groups excluding carboxylic acids is 1. The topological polar surface area (TPSA) is 93.8 Å². The molecular weight excluding hydrogens is 408 g/mol. The van der Waals surface area contributed by atoms with Crippen LogP contribution in [0, 0.1) is 0 Å². The third-order valence-corrected chi connectivity index (χ3v) is 5.31. The van der Waals surface area contributed by atoms with E-state index in [-0.39, 0.29) is 12.2 Å². The van der Waals surface area contributed by atoms with E-state index < -0.39 is 5.91 Å². The summed E-state index contributed by atoms with van der Waals surface area (Å²) < 4.78 is 7.79. The van der Waals surface area contributed by atoms with Crippen molar-refractivity contribution in [3.05, 3.63) is 63.5 Å². The average molecular weight is 425 g/mol. The van der Waals surface area contributed by atoms with E-state index in [0.717, 1.165) is 16.1 Å². The van der Waals surface area contributed by atoms with E-state index in [9.17, 15) is 9.59 Å². The van der Waals surface area contributed by atoms with E-state index in [0.29, 0.717) is 41.2 Å². The molecule has 0 bridgehead atoms. The van der Waals surface area contributed by atoms with Crippen LogP contribution in [0.2, 0.25) is 5.02 Å². The number of hydrogen-bond donors (Lipinski definition) is 1. The number of rotatable bonds is 4. The Balaban J connectivity index is 1.45. The second-order valence-corrected chi connectivity index (χ2v) is 7.25. The Bertz CT molecular complexity index is 1260. The molecule has 2 aromatic carbocycles. The zero-order chi connectivity index (χ0) is 20.8. The fourth-order valence-electron chi connectivity index (χ4n) is 3.70. The standard InChI is InChI=1S/C20H17ClN6O3/c1-30-16-7-6-12(10-14(16)21)23-17(28)11-26-20(29)27-15-5-3-2-4-13(15)18-22-8-9-25(18)19(27)24-26/h2-7,10H,8-9,11H2,1H3,(H,23,28). The summed E-state index contributed by atoms with van der Waals surface area (Å²) in [5, 5.41) is 7.53. The van der Waals surface area contributed by atoms with E-state index in [1.165, 1.54) is 11.7 Å². The molecule has 0 aliphatic carbocycles. The summed E-state index contributed by atoms with van der Waals surface area (Å²) in [6, 6.07) is 12.5. The second kappa shape index (κ2) is 7.03. The molecule has 0 atom stereocenters. The first-order chi connectivity index (χ1) is 14.6. The van der Waals surface area contributed by atoms with E-state index in [1.807, 2.05) is 29.2 Å². The molecule has 0 radical (unpaired) electrons. The summed E-state index contributed by atoms with van der Waals surface area (Å²) in [6.07, 6.45) is 0. The summed E-state index contributed by atoms with van der Waals surface area (Å²) in [5.74, 6) is 1.38. The Labute approximate surface area is 176 Å². The molecule has 3 aromatic rings. The normalized spacial score (nSPS) is 13.9. The van der Waals surface area contributed by atoms with Gasteiger partial charge < -0.3 is 10.1 Å². The van der Waals surface area contributed by atoms with Gasteiger partial charge >= 0.3 is 5.69 Å². The maximum atomic E-state index is 13.1. The Morgan fingerprint density at radius 3 is 2.90 bits per heavy atom. The van der Waals surface area contributed by atoms with Gasteiger partial charge in [-0.15, -0.1) is 5.10 Å². The van der Waals surface area contributed by atoms with Gasteiger partial charge in [0.25, 0.3) is 0 Å². The summed E-state index contributed by atoms with van der Waals surface area (Å²) >= 11 is 6.10. The zero-order valence-electron chi connectivity index (χ0n) is 16.0. The maximum Gasteiger partial charge on any atom is 0.352 e. The van der Waals surface area contributed by atoms with Crippen molar-refractivity contribution in [3.8, 4) is 11.4 Å². The molecule has 9 nitrogen and oxygen atoms in total. The molecule has 1 N–H and O–H groups in total. The first-order valence-electron chi connectivity index (χ1n) is 9.32. The minimum absolute atomic E-state index is 0.231. The molecule has 0 fully saturated rings. The van der Waals surface area contributed by atoms with Crippen LogP contribution in [0.5, 0.6) is 5.75 Å². The summed E-state index contributed by atoms with van der Waals surface area (Å²) in [6.45, 7) is 1.03. The Morgan fingerprint density at radius 1 is 1.27 bits per heavy atom. The molecule has 0 saturated heterocycles. The molecular formula is C20H17ClN6O3. The SMILES string of the molecule is COc1ccc(NC(=O)Cn2nc3n(c2=O)-c2ccccc2C2=NCCN23)cc1Cl. The molecule has 1 amide bonds. The number of amidine groups is 1.